The van der Waals surface area contributed by atoms with Gasteiger partial charge >= 0.3 is 0 Å². The summed E-state index contributed by atoms with van der Waals surface area (Å²) in [5.41, 5.74) is 14.3. The van der Waals surface area contributed by atoms with Gasteiger partial charge in [-0.15, -0.1) is 0 Å². The highest BCUT2D eigenvalue weighted by atomic mass is 16.5. The molecule has 0 amide bonds. The predicted molar refractivity (Wildman–Crippen MR) is 198 cm³/mol. The lowest BCUT2D eigenvalue weighted by Crippen LogP contribution is -2.46. The third-order valence-corrected chi connectivity index (χ3v) is 11.9. The predicted octanol–water partition coefficient (Wildman–Crippen LogP) is 8.09. The van der Waals surface area contributed by atoms with Crippen molar-refractivity contribution >= 4 is 13.3 Å². The van der Waals surface area contributed by atoms with E-state index in [4.69, 9.17) is 4.74 Å². The summed E-state index contributed by atoms with van der Waals surface area (Å²) in [5.74, 6) is 0. The van der Waals surface area contributed by atoms with Crippen LogP contribution in [0.1, 0.15) is 83.3 Å². The summed E-state index contributed by atoms with van der Waals surface area (Å²) < 4.78 is 6.85. The first-order valence-electron chi connectivity index (χ1n) is 17.0. The summed E-state index contributed by atoms with van der Waals surface area (Å²) in [6, 6.07) is 45.7. The first-order chi connectivity index (χ1) is 23.0. The number of methoxy groups -OCH3 is 1. The van der Waals surface area contributed by atoms with E-state index in [0.29, 0.717) is 0 Å². The van der Waals surface area contributed by atoms with Crippen molar-refractivity contribution in [3.8, 4) is 22.3 Å². The Balaban J connectivity index is 1.31. The van der Waals surface area contributed by atoms with Gasteiger partial charge in [-0.2, -0.15) is 0 Å². The molecule has 9 rings (SSSR count). The second-order valence-electron chi connectivity index (χ2n) is 15.1. The molecule has 0 saturated carbocycles. The molecule has 0 aromatic heterocycles. The van der Waals surface area contributed by atoms with E-state index in [9.17, 15) is 5.11 Å². The standard InChI is InChI=1S/C45H39BO2/c1-42(2)34-14-8-6-12-30(34)32-21-18-27(24-39(32)42)44(47)36-16-10-11-17-38(36)45(48-5,41-26-29(46)20-23-37(41)44)28-19-22-33-31-13-7-9-15-35(31)43(3,4)40(33)25-28/h6-26,47H,46H2,1-5H3. The van der Waals surface area contributed by atoms with Crippen LogP contribution in [0.5, 0.6) is 0 Å². The van der Waals surface area contributed by atoms with E-state index in [2.05, 4.69) is 157 Å². The molecule has 234 valence electrons. The molecule has 3 aliphatic carbocycles. The minimum Gasteiger partial charge on any atom is -0.376 e. The Morgan fingerprint density at radius 1 is 0.458 bits per heavy atom. The Morgan fingerprint density at radius 2 is 0.917 bits per heavy atom. The lowest BCUT2D eigenvalue weighted by molar-refractivity contribution is 0.0352. The summed E-state index contributed by atoms with van der Waals surface area (Å²) in [4.78, 5) is 0. The molecule has 48 heavy (non-hydrogen) atoms. The third kappa shape index (κ3) is 3.51. The molecule has 2 atom stereocenters. The third-order valence-electron chi connectivity index (χ3n) is 11.9. The lowest BCUT2D eigenvalue weighted by atomic mass is 9.62. The Morgan fingerprint density at radius 3 is 1.50 bits per heavy atom. The normalized spacial score (nSPS) is 21.8. The van der Waals surface area contributed by atoms with Crippen LogP contribution in [0.15, 0.2) is 127 Å². The minimum atomic E-state index is -1.40. The fourth-order valence-electron chi connectivity index (χ4n) is 9.47. The van der Waals surface area contributed by atoms with E-state index in [1.165, 1.54) is 44.5 Å². The van der Waals surface area contributed by atoms with E-state index >= 15 is 0 Å². The molecule has 3 aliphatic rings. The highest BCUT2D eigenvalue weighted by Gasteiger charge is 2.53. The Kier molecular flexibility index (Phi) is 5.94. The van der Waals surface area contributed by atoms with Crippen molar-refractivity contribution in [2.75, 3.05) is 7.11 Å². The Hall–Kier alpha value is -4.70. The second kappa shape index (κ2) is 9.69. The van der Waals surface area contributed by atoms with Crippen LogP contribution in [0.2, 0.25) is 0 Å². The molecule has 0 spiro atoms. The van der Waals surface area contributed by atoms with Gasteiger partial charge in [-0.25, -0.2) is 0 Å². The van der Waals surface area contributed by atoms with Gasteiger partial charge < -0.3 is 9.84 Å². The average Bonchev–Trinajstić information content (AvgIpc) is 3.48. The monoisotopic (exact) mass is 622 g/mol. The van der Waals surface area contributed by atoms with E-state index in [0.717, 1.165) is 38.8 Å². The highest BCUT2D eigenvalue weighted by Crippen LogP contribution is 2.58. The van der Waals surface area contributed by atoms with Gasteiger partial charge in [0.2, 0.25) is 0 Å². The molecular formula is C45H39BO2. The van der Waals surface area contributed by atoms with Gasteiger partial charge in [0.15, 0.2) is 0 Å². The summed E-state index contributed by atoms with van der Waals surface area (Å²) >= 11 is 0. The molecule has 0 aliphatic heterocycles. The van der Waals surface area contributed by atoms with Crippen molar-refractivity contribution in [2.45, 2.75) is 49.7 Å². The number of fused-ring (bicyclic) bond motifs is 8. The van der Waals surface area contributed by atoms with Crippen molar-refractivity contribution in [3.63, 3.8) is 0 Å². The minimum absolute atomic E-state index is 0.157. The first kappa shape index (κ1) is 29.4. The molecule has 0 fully saturated rings. The topological polar surface area (TPSA) is 29.5 Å². The van der Waals surface area contributed by atoms with Crippen molar-refractivity contribution in [1.82, 2.24) is 0 Å². The number of aliphatic hydroxyl groups is 1. The van der Waals surface area contributed by atoms with Gasteiger partial charge in [-0.05, 0) is 77.9 Å². The number of rotatable bonds is 3. The van der Waals surface area contributed by atoms with Crippen molar-refractivity contribution in [3.05, 3.63) is 183 Å². The molecule has 1 N–H and O–H groups in total. The fraction of sp³-hybridized carbons (Fsp3) is 0.200. The molecule has 6 aromatic carbocycles. The lowest BCUT2D eigenvalue weighted by Gasteiger charge is -2.47. The maximum absolute atomic E-state index is 13.4. The summed E-state index contributed by atoms with van der Waals surface area (Å²) in [6.45, 7) is 9.23. The van der Waals surface area contributed by atoms with Crippen molar-refractivity contribution < 1.29 is 9.84 Å². The van der Waals surface area contributed by atoms with E-state index in [-0.39, 0.29) is 10.8 Å². The molecule has 2 nitrogen and oxygen atoms in total. The smallest absolute Gasteiger partial charge is 0.144 e. The SMILES string of the molecule is Bc1ccc2c(c1)C(OC)(c1ccc3c(c1)C(C)(C)c1ccccc1-3)c1ccccc1C2(O)c1ccc2c(c1)C(C)(C)c1ccccc1-2. The summed E-state index contributed by atoms with van der Waals surface area (Å²) in [5, 5.41) is 13.4. The van der Waals surface area contributed by atoms with Crippen LogP contribution in [0.4, 0.5) is 0 Å². The maximum Gasteiger partial charge on any atom is 0.144 e. The number of hydrogen-bond donors (Lipinski definition) is 1. The van der Waals surface area contributed by atoms with Crippen LogP contribution >= 0.6 is 0 Å². The Labute approximate surface area is 284 Å². The Bertz CT molecular complexity index is 2330. The summed E-state index contributed by atoms with van der Waals surface area (Å²) in [7, 11) is 3.94. The molecule has 0 bridgehead atoms. The van der Waals surface area contributed by atoms with E-state index in [1.54, 1.807) is 0 Å². The van der Waals surface area contributed by atoms with Gasteiger partial charge in [0, 0.05) is 17.9 Å². The molecule has 0 radical (unpaired) electrons. The van der Waals surface area contributed by atoms with E-state index in [1.807, 2.05) is 13.2 Å². The van der Waals surface area contributed by atoms with Crippen molar-refractivity contribution in [1.29, 1.82) is 0 Å². The number of ether oxygens (including phenoxy) is 1. The second-order valence-corrected chi connectivity index (χ2v) is 15.1. The van der Waals surface area contributed by atoms with Gasteiger partial charge in [0.05, 0.1) is 0 Å². The maximum atomic E-state index is 13.4. The highest BCUT2D eigenvalue weighted by molar-refractivity contribution is 6.32. The van der Waals surface area contributed by atoms with Crippen LogP contribution in [-0.2, 0) is 26.8 Å². The first-order valence-corrected chi connectivity index (χ1v) is 17.0. The summed E-state index contributed by atoms with van der Waals surface area (Å²) in [6.07, 6.45) is 0. The van der Waals surface area contributed by atoms with Crippen LogP contribution in [0.3, 0.4) is 0 Å². The average molecular weight is 623 g/mol. The molecule has 0 saturated heterocycles. The fourth-order valence-corrected chi connectivity index (χ4v) is 9.47. The van der Waals surface area contributed by atoms with Crippen LogP contribution < -0.4 is 5.46 Å². The molecule has 6 aromatic rings. The quantitative estimate of drug-likeness (QED) is 0.202. The van der Waals surface area contributed by atoms with Gasteiger partial charge in [-0.1, -0.05) is 161 Å². The van der Waals surface area contributed by atoms with Gasteiger partial charge in [0.1, 0.15) is 19.0 Å². The largest absolute Gasteiger partial charge is 0.376 e. The number of benzene rings is 6. The van der Waals surface area contributed by atoms with E-state index < -0.39 is 11.2 Å². The van der Waals surface area contributed by atoms with Crippen LogP contribution in [-0.4, -0.2) is 20.1 Å². The molecule has 3 heteroatoms. The molecule has 2 unspecified atom stereocenters. The zero-order chi connectivity index (χ0) is 33.2. The van der Waals surface area contributed by atoms with Gasteiger partial charge in [0.25, 0.3) is 0 Å². The number of hydrogen-bond acceptors (Lipinski definition) is 2. The molecule has 0 heterocycles. The van der Waals surface area contributed by atoms with Crippen LogP contribution in [0.25, 0.3) is 22.3 Å². The zero-order valence-corrected chi connectivity index (χ0v) is 28.5. The van der Waals surface area contributed by atoms with Crippen molar-refractivity contribution in [2.24, 2.45) is 0 Å². The molecular weight excluding hydrogens is 583 g/mol. The van der Waals surface area contributed by atoms with Crippen LogP contribution in [0, 0.1) is 0 Å². The zero-order valence-electron chi connectivity index (χ0n) is 28.5. The van der Waals surface area contributed by atoms with Gasteiger partial charge in [-0.3, -0.25) is 0 Å².